The van der Waals surface area contributed by atoms with Crippen LogP contribution in [0.5, 0.6) is 0 Å². The molecule has 0 amide bonds. The van der Waals surface area contributed by atoms with Crippen LogP contribution in [-0.4, -0.2) is 11.1 Å². The van der Waals surface area contributed by atoms with Gasteiger partial charge in [0.15, 0.2) is 0 Å². The minimum Gasteiger partial charge on any atom is -0.478 e. The maximum Gasteiger partial charge on any atom is 0.335 e. The average Bonchev–Trinajstić information content (AvgIpc) is 2.40. The van der Waals surface area contributed by atoms with Gasteiger partial charge in [-0.2, -0.15) is 0 Å². The van der Waals surface area contributed by atoms with Gasteiger partial charge in [-0.15, -0.1) is 11.8 Å². The lowest BCUT2D eigenvalue weighted by Gasteiger charge is -2.06. The van der Waals surface area contributed by atoms with Crippen molar-refractivity contribution in [1.82, 2.24) is 0 Å². The van der Waals surface area contributed by atoms with E-state index in [1.165, 1.54) is 0 Å². The molecular formula is C15H15NO2S. The van der Waals surface area contributed by atoms with Crippen molar-refractivity contribution in [3.05, 3.63) is 59.2 Å². The molecule has 0 bridgehead atoms. The molecule has 2 rings (SSSR count). The van der Waals surface area contributed by atoms with Crippen LogP contribution >= 0.6 is 11.8 Å². The highest BCUT2D eigenvalue weighted by atomic mass is 32.2. The first-order valence-corrected chi connectivity index (χ1v) is 6.86. The third-order valence-electron chi connectivity index (χ3n) is 2.82. The molecule has 4 heteroatoms. The van der Waals surface area contributed by atoms with Crippen molar-refractivity contribution in [3.8, 4) is 0 Å². The summed E-state index contributed by atoms with van der Waals surface area (Å²) in [6, 6.07) is 12.9. The largest absolute Gasteiger partial charge is 0.478 e. The van der Waals surface area contributed by atoms with Crippen LogP contribution in [0.25, 0.3) is 0 Å². The molecule has 0 atom stereocenters. The van der Waals surface area contributed by atoms with E-state index in [-0.39, 0.29) is 0 Å². The van der Waals surface area contributed by atoms with Gasteiger partial charge in [0, 0.05) is 16.3 Å². The van der Waals surface area contributed by atoms with E-state index in [4.69, 9.17) is 10.8 Å². The Kier molecular flexibility index (Phi) is 4.12. The lowest BCUT2D eigenvalue weighted by atomic mass is 10.1. The predicted molar refractivity (Wildman–Crippen MR) is 78.6 cm³/mol. The predicted octanol–water partition coefficient (Wildman–Crippen LogP) is 3.57. The van der Waals surface area contributed by atoms with Gasteiger partial charge < -0.3 is 10.8 Å². The van der Waals surface area contributed by atoms with Crippen LogP contribution in [0.15, 0.2) is 47.4 Å². The quantitative estimate of drug-likeness (QED) is 0.660. The molecule has 0 aromatic heterocycles. The molecule has 0 aliphatic heterocycles. The number of anilines is 1. The van der Waals surface area contributed by atoms with E-state index in [0.717, 1.165) is 27.5 Å². The normalized spacial score (nSPS) is 10.4. The molecule has 0 heterocycles. The molecule has 0 unspecified atom stereocenters. The van der Waals surface area contributed by atoms with Gasteiger partial charge in [-0.3, -0.25) is 0 Å². The number of aromatic carboxylic acids is 1. The molecule has 0 fully saturated rings. The standard InChI is InChI=1S/C15H15NO2S/c1-10-7-13(5-6-14(10)16)19-9-11-3-2-4-12(8-11)15(17)18/h2-8H,9,16H2,1H3,(H,17,18). The van der Waals surface area contributed by atoms with E-state index in [9.17, 15) is 4.79 Å². The highest BCUT2D eigenvalue weighted by Gasteiger charge is 2.04. The van der Waals surface area contributed by atoms with Crippen molar-refractivity contribution in [2.45, 2.75) is 17.6 Å². The maximum absolute atomic E-state index is 10.9. The monoisotopic (exact) mass is 273 g/mol. The summed E-state index contributed by atoms with van der Waals surface area (Å²) in [5, 5.41) is 8.94. The summed E-state index contributed by atoms with van der Waals surface area (Å²) < 4.78 is 0. The van der Waals surface area contributed by atoms with E-state index in [1.807, 2.05) is 31.2 Å². The number of nitrogens with two attached hydrogens (primary N) is 1. The highest BCUT2D eigenvalue weighted by Crippen LogP contribution is 2.26. The van der Waals surface area contributed by atoms with E-state index in [0.29, 0.717) is 5.56 Å². The van der Waals surface area contributed by atoms with Crippen LogP contribution in [-0.2, 0) is 5.75 Å². The Labute approximate surface area is 116 Å². The third kappa shape index (κ3) is 3.51. The molecule has 2 aromatic rings. The Morgan fingerprint density at radius 2 is 2.05 bits per heavy atom. The summed E-state index contributed by atoms with van der Waals surface area (Å²) in [7, 11) is 0. The van der Waals surface area contributed by atoms with Crippen molar-refractivity contribution in [1.29, 1.82) is 0 Å². The van der Waals surface area contributed by atoms with Crippen molar-refractivity contribution < 1.29 is 9.90 Å². The number of benzene rings is 2. The van der Waals surface area contributed by atoms with Crippen LogP contribution in [0.4, 0.5) is 5.69 Å². The van der Waals surface area contributed by atoms with Crippen molar-refractivity contribution >= 4 is 23.4 Å². The first kappa shape index (κ1) is 13.5. The van der Waals surface area contributed by atoms with Gasteiger partial charge in [0.2, 0.25) is 0 Å². The van der Waals surface area contributed by atoms with Crippen LogP contribution in [0.2, 0.25) is 0 Å². The molecule has 19 heavy (non-hydrogen) atoms. The van der Waals surface area contributed by atoms with Gasteiger partial charge in [0.1, 0.15) is 0 Å². The molecule has 2 aromatic carbocycles. The zero-order valence-corrected chi connectivity index (χ0v) is 11.4. The van der Waals surface area contributed by atoms with Crippen molar-refractivity contribution in [2.75, 3.05) is 5.73 Å². The Balaban J connectivity index is 2.07. The molecule has 3 N–H and O–H groups in total. The fraction of sp³-hybridized carbons (Fsp3) is 0.133. The molecule has 0 saturated carbocycles. The van der Waals surface area contributed by atoms with E-state index in [2.05, 4.69) is 0 Å². The number of hydrogen-bond donors (Lipinski definition) is 2. The van der Waals surface area contributed by atoms with Crippen molar-refractivity contribution in [2.24, 2.45) is 0 Å². The number of thioether (sulfide) groups is 1. The fourth-order valence-electron chi connectivity index (χ4n) is 1.70. The number of hydrogen-bond acceptors (Lipinski definition) is 3. The molecule has 0 aliphatic carbocycles. The SMILES string of the molecule is Cc1cc(SCc2cccc(C(=O)O)c2)ccc1N. The first-order chi connectivity index (χ1) is 9.06. The minimum atomic E-state index is -0.893. The summed E-state index contributed by atoms with van der Waals surface area (Å²) in [5.74, 6) is -0.153. The van der Waals surface area contributed by atoms with Gasteiger partial charge in [-0.1, -0.05) is 12.1 Å². The zero-order chi connectivity index (χ0) is 13.8. The third-order valence-corrected chi connectivity index (χ3v) is 3.89. The molecule has 3 nitrogen and oxygen atoms in total. The number of carboxylic acids is 1. The second-order valence-corrected chi connectivity index (χ2v) is 5.36. The molecular weight excluding hydrogens is 258 g/mol. The second-order valence-electron chi connectivity index (χ2n) is 4.31. The molecule has 98 valence electrons. The maximum atomic E-state index is 10.9. The van der Waals surface area contributed by atoms with Crippen molar-refractivity contribution in [3.63, 3.8) is 0 Å². The molecule has 0 radical (unpaired) electrons. The van der Waals surface area contributed by atoms with E-state index >= 15 is 0 Å². The Morgan fingerprint density at radius 3 is 2.74 bits per heavy atom. The van der Waals surface area contributed by atoms with E-state index in [1.54, 1.807) is 30.0 Å². The topological polar surface area (TPSA) is 63.3 Å². The zero-order valence-electron chi connectivity index (χ0n) is 10.6. The smallest absolute Gasteiger partial charge is 0.335 e. The summed E-state index contributed by atoms with van der Waals surface area (Å²) in [5.41, 5.74) is 8.95. The lowest BCUT2D eigenvalue weighted by Crippen LogP contribution is -1.96. The van der Waals surface area contributed by atoms with Gasteiger partial charge in [0.05, 0.1) is 5.56 Å². The lowest BCUT2D eigenvalue weighted by molar-refractivity contribution is 0.0697. The number of carbonyl (C=O) groups is 1. The highest BCUT2D eigenvalue weighted by molar-refractivity contribution is 7.98. The number of nitrogen functional groups attached to an aromatic ring is 1. The van der Waals surface area contributed by atoms with Crippen LogP contribution in [0.3, 0.4) is 0 Å². The Bertz CT molecular complexity index is 611. The van der Waals surface area contributed by atoms with Gasteiger partial charge in [-0.05, 0) is 48.4 Å². The summed E-state index contributed by atoms with van der Waals surface area (Å²) in [6.07, 6.45) is 0. The van der Waals surface area contributed by atoms with Gasteiger partial charge in [0.25, 0.3) is 0 Å². The molecule has 0 aliphatic rings. The Morgan fingerprint density at radius 1 is 1.26 bits per heavy atom. The summed E-state index contributed by atoms with van der Waals surface area (Å²) >= 11 is 1.67. The fourth-order valence-corrected chi connectivity index (χ4v) is 2.64. The van der Waals surface area contributed by atoms with Gasteiger partial charge in [-0.25, -0.2) is 4.79 Å². The number of carboxylic acid groups (broad SMARTS) is 1. The number of aryl methyl sites for hydroxylation is 1. The van der Waals surface area contributed by atoms with Crippen LogP contribution < -0.4 is 5.73 Å². The van der Waals surface area contributed by atoms with Crippen LogP contribution in [0.1, 0.15) is 21.5 Å². The number of rotatable bonds is 4. The average molecular weight is 273 g/mol. The Hall–Kier alpha value is -1.94. The van der Waals surface area contributed by atoms with Crippen LogP contribution in [0, 0.1) is 6.92 Å². The minimum absolute atomic E-state index is 0.326. The molecule has 0 saturated heterocycles. The first-order valence-electron chi connectivity index (χ1n) is 5.87. The molecule has 0 spiro atoms. The second kappa shape index (κ2) is 5.80. The van der Waals surface area contributed by atoms with Gasteiger partial charge >= 0.3 is 5.97 Å². The summed E-state index contributed by atoms with van der Waals surface area (Å²) in [4.78, 5) is 12.0. The van der Waals surface area contributed by atoms with E-state index < -0.39 is 5.97 Å². The summed E-state index contributed by atoms with van der Waals surface area (Å²) in [6.45, 7) is 1.98.